The molecule has 0 aromatic heterocycles. The second kappa shape index (κ2) is 8.19. The molecular weight excluding hydrogens is 386 g/mol. The summed E-state index contributed by atoms with van der Waals surface area (Å²) in [5, 5.41) is 18.3. The Kier molecular flexibility index (Phi) is 5.08. The molecule has 2 atom stereocenters. The van der Waals surface area contributed by atoms with Crippen LogP contribution in [0.1, 0.15) is 36.4 Å². The second-order valence-corrected chi connectivity index (χ2v) is 8.04. The van der Waals surface area contributed by atoms with Crippen molar-refractivity contribution in [3.05, 3.63) is 112 Å². The number of nitro groups is 1. The van der Waals surface area contributed by atoms with Gasteiger partial charge in [-0.3, -0.25) is 15.1 Å². The minimum absolute atomic E-state index is 0.112. The molecule has 5 nitrogen and oxygen atoms in total. The quantitative estimate of drug-likeness (QED) is 0.370. The van der Waals surface area contributed by atoms with Gasteiger partial charge < -0.3 is 0 Å². The van der Waals surface area contributed by atoms with E-state index in [9.17, 15) is 10.1 Å². The highest BCUT2D eigenvalue weighted by atomic mass is 16.6. The average molecular weight is 409 g/mol. The van der Waals surface area contributed by atoms with Gasteiger partial charge in [-0.15, -0.1) is 0 Å². The van der Waals surface area contributed by atoms with Crippen molar-refractivity contribution in [2.45, 2.75) is 25.3 Å². The van der Waals surface area contributed by atoms with Gasteiger partial charge in [-0.2, -0.15) is 5.10 Å². The number of para-hydroxylation sites is 1. The third-order valence-electron chi connectivity index (χ3n) is 6.11. The van der Waals surface area contributed by atoms with E-state index in [0.717, 1.165) is 36.2 Å². The maximum Gasteiger partial charge on any atom is 0.269 e. The molecule has 0 amide bonds. The fraction of sp³-hybridized carbons (Fsp3) is 0.192. The summed E-state index contributed by atoms with van der Waals surface area (Å²) in [6.45, 7) is 0. The van der Waals surface area contributed by atoms with E-state index in [4.69, 9.17) is 5.10 Å². The summed E-state index contributed by atoms with van der Waals surface area (Å²) in [6, 6.07) is 27.9. The number of hydrogen-bond acceptors (Lipinski definition) is 4. The van der Waals surface area contributed by atoms with Gasteiger partial charge in [0.15, 0.2) is 0 Å². The number of benzene rings is 3. The topological polar surface area (TPSA) is 58.7 Å². The molecule has 0 saturated heterocycles. The summed E-state index contributed by atoms with van der Waals surface area (Å²) in [4.78, 5) is 10.6. The molecular formula is C26H23N3O2. The van der Waals surface area contributed by atoms with Gasteiger partial charge in [-0.05, 0) is 66.3 Å². The zero-order valence-electron chi connectivity index (χ0n) is 17.1. The molecule has 5 rings (SSSR count). The summed E-state index contributed by atoms with van der Waals surface area (Å²) in [5.41, 5.74) is 5.81. The maximum atomic E-state index is 11.0. The Morgan fingerprint density at radius 3 is 2.29 bits per heavy atom. The van der Waals surface area contributed by atoms with E-state index in [1.807, 2.05) is 36.4 Å². The van der Waals surface area contributed by atoms with Crippen LogP contribution < -0.4 is 5.01 Å². The second-order valence-electron chi connectivity index (χ2n) is 8.04. The van der Waals surface area contributed by atoms with Gasteiger partial charge in [0.05, 0.1) is 22.4 Å². The molecule has 0 bridgehead atoms. The van der Waals surface area contributed by atoms with Crippen LogP contribution >= 0.6 is 0 Å². The van der Waals surface area contributed by atoms with Gasteiger partial charge in [0.25, 0.3) is 5.69 Å². The van der Waals surface area contributed by atoms with Crippen molar-refractivity contribution in [3.63, 3.8) is 0 Å². The zero-order valence-corrected chi connectivity index (χ0v) is 17.1. The first-order chi connectivity index (χ1) is 15.2. The van der Waals surface area contributed by atoms with Crippen molar-refractivity contribution >= 4 is 23.2 Å². The van der Waals surface area contributed by atoms with Crippen LogP contribution in [-0.4, -0.2) is 10.6 Å². The lowest BCUT2D eigenvalue weighted by Gasteiger charge is -2.30. The molecule has 2 aliphatic rings. The zero-order chi connectivity index (χ0) is 21.2. The van der Waals surface area contributed by atoms with Gasteiger partial charge in [0, 0.05) is 18.1 Å². The molecule has 1 aliphatic carbocycles. The van der Waals surface area contributed by atoms with Crippen molar-refractivity contribution < 1.29 is 4.92 Å². The predicted octanol–water partition coefficient (Wildman–Crippen LogP) is 6.40. The summed E-state index contributed by atoms with van der Waals surface area (Å²) < 4.78 is 0. The van der Waals surface area contributed by atoms with Crippen LogP contribution in [0.25, 0.3) is 6.08 Å². The number of nitrogens with zero attached hydrogens (tertiary/aromatic N) is 3. The highest BCUT2D eigenvalue weighted by molar-refractivity contribution is 6.08. The monoisotopic (exact) mass is 409 g/mol. The highest BCUT2D eigenvalue weighted by Gasteiger charge is 2.41. The fourth-order valence-corrected chi connectivity index (χ4v) is 4.67. The van der Waals surface area contributed by atoms with Gasteiger partial charge in [-0.25, -0.2) is 0 Å². The van der Waals surface area contributed by atoms with E-state index >= 15 is 0 Å². The molecule has 0 spiro atoms. The van der Waals surface area contributed by atoms with Gasteiger partial charge in [0.1, 0.15) is 0 Å². The number of non-ortho nitro benzene ring substituents is 1. The summed E-state index contributed by atoms with van der Waals surface area (Å²) in [6.07, 6.45) is 5.31. The summed E-state index contributed by atoms with van der Waals surface area (Å²) >= 11 is 0. The van der Waals surface area contributed by atoms with Crippen LogP contribution in [0.2, 0.25) is 0 Å². The number of allylic oxidation sites excluding steroid dienone is 1. The maximum absolute atomic E-state index is 11.0. The first-order valence-electron chi connectivity index (χ1n) is 10.6. The van der Waals surface area contributed by atoms with E-state index in [0.29, 0.717) is 5.92 Å². The number of rotatable bonds is 4. The molecule has 1 saturated carbocycles. The van der Waals surface area contributed by atoms with Crippen molar-refractivity contribution in [2.24, 2.45) is 11.0 Å². The smallest absolute Gasteiger partial charge is 0.258 e. The lowest BCUT2D eigenvalue weighted by Crippen LogP contribution is -2.28. The van der Waals surface area contributed by atoms with Crippen LogP contribution in [0.15, 0.2) is 95.6 Å². The normalized spacial score (nSPS) is 21.6. The van der Waals surface area contributed by atoms with Crippen molar-refractivity contribution in [3.8, 4) is 0 Å². The molecule has 3 aromatic carbocycles. The van der Waals surface area contributed by atoms with Crippen molar-refractivity contribution in [1.29, 1.82) is 0 Å². The Labute approximate surface area is 181 Å². The van der Waals surface area contributed by atoms with Crippen LogP contribution in [0.3, 0.4) is 0 Å². The molecule has 154 valence electrons. The third-order valence-corrected chi connectivity index (χ3v) is 6.11. The summed E-state index contributed by atoms with van der Waals surface area (Å²) in [7, 11) is 0. The van der Waals surface area contributed by atoms with Crippen molar-refractivity contribution in [2.75, 3.05) is 5.01 Å². The van der Waals surface area contributed by atoms with E-state index in [1.165, 1.54) is 11.1 Å². The molecule has 0 unspecified atom stereocenters. The Balaban J connectivity index is 1.55. The van der Waals surface area contributed by atoms with E-state index in [1.54, 1.807) is 12.1 Å². The van der Waals surface area contributed by atoms with Crippen LogP contribution in [0.4, 0.5) is 11.4 Å². The number of hydrogen-bond donors (Lipinski definition) is 0. The lowest BCUT2D eigenvalue weighted by atomic mass is 9.77. The molecule has 5 heteroatoms. The first kappa shape index (κ1) is 19.2. The third kappa shape index (κ3) is 3.75. The number of hydrazone groups is 1. The predicted molar refractivity (Wildman–Crippen MR) is 124 cm³/mol. The Morgan fingerprint density at radius 1 is 0.935 bits per heavy atom. The standard InChI is InChI=1S/C26H23N3O2/c30-29(31)23-16-14-19(15-17-23)18-21-10-7-13-24-25(21)27-28(22-11-5-2-6-12-22)26(24)20-8-3-1-4-9-20/h1-6,8-9,11-12,14-18,24,26H,7,10,13H2/b21-18-/t24-,26-/m0/s1. The molecule has 0 radical (unpaired) electrons. The average Bonchev–Trinajstić information content (AvgIpc) is 3.21. The lowest BCUT2D eigenvalue weighted by molar-refractivity contribution is -0.384. The Bertz CT molecular complexity index is 1140. The molecule has 1 fully saturated rings. The highest BCUT2D eigenvalue weighted by Crippen LogP contribution is 2.46. The Hall–Kier alpha value is -3.73. The van der Waals surface area contributed by atoms with E-state index < -0.39 is 0 Å². The number of fused-ring (bicyclic) bond motifs is 1. The minimum Gasteiger partial charge on any atom is -0.258 e. The largest absolute Gasteiger partial charge is 0.269 e. The molecule has 3 aromatic rings. The SMILES string of the molecule is O=[N+]([O-])c1ccc(/C=C2/CCC[C@H]3C2=NN(c2ccccc2)[C@H]3c2ccccc2)cc1. The number of nitro benzene ring substituents is 1. The van der Waals surface area contributed by atoms with Gasteiger partial charge in [-0.1, -0.05) is 48.5 Å². The van der Waals surface area contributed by atoms with Crippen LogP contribution in [0.5, 0.6) is 0 Å². The molecule has 1 heterocycles. The van der Waals surface area contributed by atoms with E-state index in [2.05, 4.69) is 47.5 Å². The minimum atomic E-state index is -0.364. The molecule has 0 N–H and O–H groups in total. The van der Waals surface area contributed by atoms with Crippen molar-refractivity contribution in [1.82, 2.24) is 0 Å². The fourth-order valence-electron chi connectivity index (χ4n) is 4.67. The van der Waals surface area contributed by atoms with E-state index in [-0.39, 0.29) is 16.7 Å². The van der Waals surface area contributed by atoms with Crippen LogP contribution in [0, 0.1) is 16.0 Å². The molecule has 1 aliphatic heterocycles. The van der Waals surface area contributed by atoms with Gasteiger partial charge >= 0.3 is 0 Å². The van der Waals surface area contributed by atoms with Gasteiger partial charge in [0.2, 0.25) is 0 Å². The van der Waals surface area contributed by atoms with Crippen LogP contribution in [-0.2, 0) is 0 Å². The first-order valence-corrected chi connectivity index (χ1v) is 10.6. The molecule has 31 heavy (non-hydrogen) atoms. The summed E-state index contributed by atoms with van der Waals surface area (Å²) in [5.74, 6) is 0.320. The Morgan fingerprint density at radius 2 is 1.61 bits per heavy atom. The number of anilines is 1.